The topological polar surface area (TPSA) is 64.6 Å². The van der Waals surface area contributed by atoms with Gasteiger partial charge < -0.3 is 15.7 Å². The van der Waals surface area contributed by atoms with Gasteiger partial charge in [-0.2, -0.15) is 0 Å². The summed E-state index contributed by atoms with van der Waals surface area (Å²) < 4.78 is 0. The molecule has 2 aliphatic rings. The van der Waals surface area contributed by atoms with E-state index >= 15 is 0 Å². The molecule has 128 valence electrons. The maximum atomic E-state index is 9.00. The van der Waals surface area contributed by atoms with E-state index < -0.39 is 5.97 Å². The molecule has 0 unspecified atom stereocenters. The summed E-state index contributed by atoms with van der Waals surface area (Å²) in [6, 6.07) is 10.9. The molecule has 2 heterocycles. The number of benzene rings is 1. The van der Waals surface area contributed by atoms with Crippen molar-refractivity contribution in [3.05, 3.63) is 35.9 Å². The number of carbonyl (C=O) groups is 1. The van der Waals surface area contributed by atoms with Crippen LogP contribution in [0.3, 0.4) is 0 Å². The first kappa shape index (κ1) is 17.9. The molecule has 2 fully saturated rings. The summed E-state index contributed by atoms with van der Waals surface area (Å²) in [7, 11) is 0. The first-order valence-electron chi connectivity index (χ1n) is 8.52. The SMILES string of the molecule is CC(=O)O.c1ccc(CCN2CCNCC23CCNCC3)cc1. The van der Waals surface area contributed by atoms with Crippen molar-refractivity contribution in [2.45, 2.75) is 31.7 Å². The maximum Gasteiger partial charge on any atom is 0.300 e. The average molecular weight is 319 g/mol. The van der Waals surface area contributed by atoms with Crippen LogP contribution >= 0.6 is 0 Å². The highest BCUT2D eigenvalue weighted by Crippen LogP contribution is 2.27. The molecule has 23 heavy (non-hydrogen) atoms. The smallest absolute Gasteiger partial charge is 0.300 e. The lowest BCUT2D eigenvalue weighted by molar-refractivity contribution is -0.134. The molecule has 2 aliphatic heterocycles. The van der Waals surface area contributed by atoms with Crippen LogP contribution in [0.2, 0.25) is 0 Å². The van der Waals surface area contributed by atoms with E-state index in [0.717, 1.165) is 13.5 Å². The van der Waals surface area contributed by atoms with E-state index in [-0.39, 0.29) is 0 Å². The summed E-state index contributed by atoms with van der Waals surface area (Å²) in [6.45, 7) is 8.14. The van der Waals surface area contributed by atoms with Gasteiger partial charge in [-0.3, -0.25) is 9.69 Å². The molecular formula is C18H29N3O2. The standard InChI is InChI=1S/C16H25N3.C2H4O2/c1-2-4-15(5-3-1)6-12-19-13-11-18-14-16(19)7-9-17-10-8-16;1-2(3)4/h1-5,17-18H,6-14H2;1H3,(H,3,4). The van der Waals surface area contributed by atoms with Crippen LogP contribution in [0, 0.1) is 0 Å². The quantitative estimate of drug-likeness (QED) is 0.785. The van der Waals surface area contributed by atoms with Crippen LogP contribution in [-0.4, -0.2) is 60.8 Å². The monoisotopic (exact) mass is 319 g/mol. The van der Waals surface area contributed by atoms with Crippen molar-refractivity contribution in [3.63, 3.8) is 0 Å². The summed E-state index contributed by atoms with van der Waals surface area (Å²) >= 11 is 0. The Bertz CT molecular complexity index is 460. The highest BCUT2D eigenvalue weighted by Gasteiger charge is 2.39. The molecule has 5 nitrogen and oxygen atoms in total. The van der Waals surface area contributed by atoms with Crippen molar-refractivity contribution in [2.75, 3.05) is 39.3 Å². The van der Waals surface area contributed by atoms with E-state index in [2.05, 4.69) is 45.9 Å². The van der Waals surface area contributed by atoms with E-state index in [9.17, 15) is 0 Å². The van der Waals surface area contributed by atoms with E-state index in [0.29, 0.717) is 5.54 Å². The van der Waals surface area contributed by atoms with Crippen molar-refractivity contribution in [2.24, 2.45) is 0 Å². The molecule has 1 aromatic rings. The Morgan fingerprint density at radius 3 is 2.48 bits per heavy atom. The largest absolute Gasteiger partial charge is 0.481 e. The van der Waals surface area contributed by atoms with Gasteiger partial charge in [0.2, 0.25) is 0 Å². The number of piperidine rings is 1. The third-order valence-electron chi connectivity index (χ3n) is 4.73. The van der Waals surface area contributed by atoms with Crippen LogP contribution in [-0.2, 0) is 11.2 Å². The van der Waals surface area contributed by atoms with Gasteiger partial charge in [-0.15, -0.1) is 0 Å². The number of carboxylic acid groups (broad SMARTS) is 1. The van der Waals surface area contributed by atoms with Gasteiger partial charge in [-0.05, 0) is 37.9 Å². The Balaban J connectivity index is 0.000000433. The predicted octanol–water partition coefficient (Wildman–Crippen LogP) is 1.35. The Labute approximate surface area is 139 Å². The van der Waals surface area contributed by atoms with Crippen LogP contribution in [0.4, 0.5) is 0 Å². The fraction of sp³-hybridized carbons (Fsp3) is 0.611. The van der Waals surface area contributed by atoms with Crippen LogP contribution in [0.15, 0.2) is 30.3 Å². The van der Waals surface area contributed by atoms with Gasteiger partial charge in [-0.25, -0.2) is 0 Å². The fourth-order valence-corrected chi connectivity index (χ4v) is 3.53. The molecular weight excluding hydrogens is 290 g/mol. The van der Waals surface area contributed by atoms with Gasteiger partial charge in [0.05, 0.1) is 0 Å². The number of hydrogen-bond acceptors (Lipinski definition) is 4. The Kier molecular flexibility index (Phi) is 7.02. The second-order valence-electron chi connectivity index (χ2n) is 6.39. The van der Waals surface area contributed by atoms with Crippen molar-refractivity contribution < 1.29 is 9.90 Å². The van der Waals surface area contributed by atoms with Crippen molar-refractivity contribution in [1.29, 1.82) is 0 Å². The number of piperazine rings is 1. The van der Waals surface area contributed by atoms with Crippen LogP contribution < -0.4 is 10.6 Å². The second kappa shape index (κ2) is 9.01. The highest BCUT2D eigenvalue weighted by molar-refractivity contribution is 5.62. The van der Waals surface area contributed by atoms with Gasteiger partial charge in [0, 0.05) is 38.6 Å². The number of nitrogens with zero attached hydrogens (tertiary/aromatic N) is 1. The maximum absolute atomic E-state index is 9.00. The first-order chi connectivity index (χ1) is 11.1. The summed E-state index contributed by atoms with van der Waals surface area (Å²) in [6.07, 6.45) is 3.75. The van der Waals surface area contributed by atoms with Crippen molar-refractivity contribution in [1.82, 2.24) is 15.5 Å². The molecule has 0 atom stereocenters. The normalized spacial score (nSPS) is 20.6. The number of nitrogens with one attached hydrogen (secondary N) is 2. The summed E-state index contributed by atoms with van der Waals surface area (Å²) in [4.78, 5) is 11.7. The van der Waals surface area contributed by atoms with E-state index in [1.807, 2.05) is 0 Å². The third-order valence-corrected chi connectivity index (χ3v) is 4.73. The minimum atomic E-state index is -0.833. The summed E-state index contributed by atoms with van der Waals surface area (Å²) in [5.41, 5.74) is 1.88. The van der Waals surface area contributed by atoms with Gasteiger partial charge in [0.25, 0.3) is 5.97 Å². The van der Waals surface area contributed by atoms with Gasteiger partial charge in [0.15, 0.2) is 0 Å². The van der Waals surface area contributed by atoms with E-state index in [1.165, 1.54) is 57.5 Å². The van der Waals surface area contributed by atoms with E-state index in [1.54, 1.807) is 0 Å². The molecule has 0 radical (unpaired) electrons. The molecule has 0 saturated carbocycles. The summed E-state index contributed by atoms with van der Waals surface area (Å²) in [5, 5.41) is 14.5. The van der Waals surface area contributed by atoms with Crippen LogP contribution in [0.25, 0.3) is 0 Å². The minimum absolute atomic E-state index is 0.415. The average Bonchev–Trinajstić information content (AvgIpc) is 2.55. The fourth-order valence-electron chi connectivity index (χ4n) is 3.53. The van der Waals surface area contributed by atoms with Crippen molar-refractivity contribution >= 4 is 5.97 Å². The predicted molar refractivity (Wildman–Crippen MR) is 92.7 cm³/mol. The molecule has 3 rings (SSSR count). The third kappa shape index (κ3) is 5.61. The highest BCUT2D eigenvalue weighted by atomic mass is 16.4. The van der Waals surface area contributed by atoms with E-state index in [4.69, 9.17) is 9.90 Å². The summed E-state index contributed by atoms with van der Waals surface area (Å²) in [5.74, 6) is -0.833. The molecule has 2 saturated heterocycles. The Morgan fingerprint density at radius 2 is 1.83 bits per heavy atom. The number of rotatable bonds is 3. The van der Waals surface area contributed by atoms with Gasteiger partial charge in [0.1, 0.15) is 0 Å². The Hall–Kier alpha value is -1.43. The van der Waals surface area contributed by atoms with Gasteiger partial charge in [-0.1, -0.05) is 30.3 Å². The molecule has 0 bridgehead atoms. The van der Waals surface area contributed by atoms with Crippen molar-refractivity contribution in [3.8, 4) is 0 Å². The Morgan fingerprint density at radius 1 is 1.17 bits per heavy atom. The lowest BCUT2D eigenvalue weighted by atomic mass is 9.84. The zero-order chi connectivity index (χ0) is 16.5. The first-order valence-corrected chi connectivity index (χ1v) is 8.52. The zero-order valence-corrected chi connectivity index (χ0v) is 14.1. The van der Waals surface area contributed by atoms with Gasteiger partial charge >= 0.3 is 0 Å². The molecule has 0 amide bonds. The zero-order valence-electron chi connectivity index (χ0n) is 14.1. The van der Waals surface area contributed by atoms with Crippen LogP contribution in [0.5, 0.6) is 0 Å². The molecule has 0 aliphatic carbocycles. The molecule has 1 aromatic carbocycles. The molecule has 5 heteroatoms. The second-order valence-corrected chi connectivity index (χ2v) is 6.39. The lowest BCUT2D eigenvalue weighted by Crippen LogP contribution is -2.64. The number of carboxylic acids is 1. The molecule has 0 aromatic heterocycles. The number of aliphatic carboxylic acids is 1. The molecule has 3 N–H and O–H groups in total. The lowest BCUT2D eigenvalue weighted by Gasteiger charge is -2.50. The molecule has 1 spiro atoms. The minimum Gasteiger partial charge on any atom is -0.481 e. The van der Waals surface area contributed by atoms with Crippen LogP contribution in [0.1, 0.15) is 25.3 Å². The number of hydrogen-bond donors (Lipinski definition) is 3.